The Bertz CT molecular complexity index is 442. The summed E-state index contributed by atoms with van der Waals surface area (Å²) in [4.78, 5) is 0. The number of benzene rings is 1. The van der Waals surface area contributed by atoms with Crippen molar-refractivity contribution in [2.24, 2.45) is 0 Å². The van der Waals surface area contributed by atoms with Crippen LogP contribution >= 0.6 is 0 Å². The number of hydrogen-bond donors (Lipinski definition) is 2. The van der Waals surface area contributed by atoms with Crippen molar-refractivity contribution in [3.63, 3.8) is 0 Å². The van der Waals surface area contributed by atoms with E-state index in [1.807, 2.05) is 4.72 Å². The van der Waals surface area contributed by atoms with Crippen molar-refractivity contribution in [3.8, 4) is 0 Å². The Morgan fingerprint density at radius 1 is 1.19 bits per heavy atom. The van der Waals surface area contributed by atoms with Gasteiger partial charge in [-0.05, 0) is 18.6 Å². The number of rotatable bonds is 5. The molecule has 0 amide bonds. The summed E-state index contributed by atoms with van der Waals surface area (Å²) in [6, 6.07) is 2.39. The van der Waals surface area contributed by atoms with Crippen LogP contribution in [0.3, 0.4) is 0 Å². The molecule has 0 saturated heterocycles. The molecule has 7 heteroatoms. The standard InChI is InChI=1S/C9H11F2NO3S/c10-7-4-8(11)6-9(5-7)12-16(14,15)3-1-2-13/h4-6,12-13H,1-3H2. The molecule has 2 N–H and O–H groups in total. The van der Waals surface area contributed by atoms with Crippen LogP contribution in [0.1, 0.15) is 6.42 Å². The highest BCUT2D eigenvalue weighted by Crippen LogP contribution is 2.14. The molecule has 0 atom stereocenters. The Kier molecular flexibility index (Phi) is 4.19. The van der Waals surface area contributed by atoms with Crippen LogP contribution in [0.25, 0.3) is 0 Å². The number of nitrogens with one attached hydrogen (secondary N) is 1. The lowest BCUT2D eigenvalue weighted by atomic mass is 10.3. The minimum Gasteiger partial charge on any atom is -0.396 e. The fraction of sp³-hybridized carbons (Fsp3) is 0.333. The van der Waals surface area contributed by atoms with Gasteiger partial charge in [0.2, 0.25) is 10.0 Å². The van der Waals surface area contributed by atoms with Crippen molar-refractivity contribution in [2.75, 3.05) is 17.1 Å². The van der Waals surface area contributed by atoms with Crippen LogP contribution in [0, 0.1) is 11.6 Å². The molecule has 0 aliphatic rings. The van der Waals surface area contributed by atoms with E-state index >= 15 is 0 Å². The molecule has 0 fully saturated rings. The van der Waals surface area contributed by atoms with E-state index in [0.29, 0.717) is 6.07 Å². The number of halogens is 2. The smallest absolute Gasteiger partial charge is 0.232 e. The Hall–Kier alpha value is -1.21. The minimum atomic E-state index is -3.67. The zero-order valence-electron chi connectivity index (χ0n) is 8.28. The second kappa shape index (κ2) is 5.22. The highest BCUT2D eigenvalue weighted by molar-refractivity contribution is 7.92. The van der Waals surface area contributed by atoms with Crippen molar-refractivity contribution in [1.82, 2.24) is 0 Å². The van der Waals surface area contributed by atoms with Crippen molar-refractivity contribution < 1.29 is 22.3 Å². The highest BCUT2D eigenvalue weighted by Gasteiger charge is 2.11. The van der Waals surface area contributed by atoms with Gasteiger partial charge in [0, 0.05) is 12.7 Å². The number of aliphatic hydroxyl groups is 1. The molecule has 0 unspecified atom stereocenters. The largest absolute Gasteiger partial charge is 0.396 e. The first-order chi connectivity index (χ1) is 7.43. The summed E-state index contributed by atoms with van der Waals surface area (Å²) >= 11 is 0. The zero-order valence-corrected chi connectivity index (χ0v) is 9.10. The summed E-state index contributed by atoms with van der Waals surface area (Å²) in [6.45, 7) is -0.265. The van der Waals surface area contributed by atoms with Gasteiger partial charge in [-0.25, -0.2) is 17.2 Å². The first kappa shape index (κ1) is 12.9. The van der Waals surface area contributed by atoms with E-state index in [9.17, 15) is 17.2 Å². The van der Waals surface area contributed by atoms with Crippen molar-refractivity contribution in [3.05, 3.63) is 29.8 Å². The molecule has 1 aromatic carbocycles. The van der Waals surface area contributed by atoms with Gasteiger partial charge in [0.15, 0.2) is 0 Å². The third-order valence-electron chi connectivity index (χ3n) is 1.71. The van der Waals surface area contributed by atoms with Crippen LogP contribution in [-0.2, 0) is 10.0 Å². The van der Waals surface area contributed by atoms with Crippen molar-refractivity contribution in [2.45, 2.75) is 6.42 Å². The maximum atomic E-state index is 12.7. The van der Waals surface area contributed by atoms with E-state index in [0.717, 1.165) is 12.1 Å². The van der Waals surface area contributed by atoms with Crippen molar-refractivity contribution >= 4 is 15.7 Å². The summed E-state index contributed by atoms with van der Waals surface area (Å²) in [5.41, 5.74) is -0.171. The third kappa shape index (κ3) is 4.11. The molecule has 90 valence electrons. The summed E-state index contributed by atoms with van der Waals surface area (Å²) in [7, 11) is -3.67. The highest BCUT2D eigenvalue weighted by atomic mass is 32.2. The van der Waals surface area contributed by atoms with E-state index in [-0.39, 0.29) is 24.5 Å². The van der Waals surface area contributed by atoms with E-state index in [1.54, 1.807) is 0 Å². The Balaban J connectivity index is 2.80. The lowest BCUT2D eigenvalue weighted by Crippen LogP contribution is -2.17. The van der Waals surface area contributed by atoms with Crippen LogP contribution in [0.4, 0.5) is 14.5 Å². The van der Waals surface area contributed by atoms with Crippen LogP contribution in [0.5, 0.6) is 0 Å². The third-order valence-corrected chi connectivity index (χ3v) is 3.08. The molecule has 4 nitrogen and oxygen atoms in total. The summed E-state index contributed by atoms with van der Waals surface area (Å²) < 4.78 is 50.1. The number of anilines is 1. The maximum absolute atomic E-state index is 12.7. The van der Waals surface area contributed by atoms with Gasteiger partial charge >= 0.3 is 0 Å². The van der Waals surface area contributed by atoms with Crippen LogP contribution < -0.4 is 4.72 Å². The van der Waals surface area contributed by atoms with Crippen LogP contribution in [0.2, 0.25) is 0 Å². The molecule has 0 spiro atoms. The molecule has 0 heterocycles. The average molecular weight is 251 g/mol. The second-order valence-electron chi connectivity index (χ2n) is 3.16. The summed E-state index contributed by atoms with van der Waals surface area (Å²) in [6.07, 6.45) is 0.0626. The zero-order chi connectivity index (χ0) is 12.2. The molecule has 0 aromatic heterocycles. The quantitative estimate of drug-likeness (QED) is 0.823. The summed E-state index contributed by atoms with van der Waals surface area (Å²) in [5.74, 6) is -2.03. The molecular weight excluding hydrogens is 240 g/mol. The molecule has 0 bridgehead atoms. The molecule has 0 saturated carbocycles. The predicted molar refractivity (Wildman–Crippen MR) is 55.5 cm³/mol. The minimum absolute atomic E-state index is 0.0626. The molecular formula is C9H11F2NO3S. The van der Waals surface area contributed by atoms with Gasteiger partial charge in [-0.1, -0.05) is 0 Å². The molecule has 0 aliphatic heterocycles. The molecule has 0 radical (unpaired) electrons. The molecule has 1 rings (SSSR count). The second-order valence-corrected chi connectivity index (χ2v) is 5.00. The number of hydrogen-bond acceptors (Lipinski definition) is 3. The lowest BCUT2D eigenvalue weighted by Gasteiger charge is -2.07. The fourth-order valence-electron chi connectivity index (χ4n) is 1.10. The Morgan fingerprint density at radius 2 is 1.75 bits per heavy atom. The Labute approximate surface area is 92.0 Å². The molecule has 1 aromatic rings. The van der Waals surface area contributed by atoms with E-state index in [2.05, 4.69) is 0 Å². The van der Waals surface area contributed by atoms with Gasteiger partial charge in [-0.15, -0.1) is 0 Å². The van der Waals surface area contributed by atoms with E-state index in [4.69, 9.17) is 5.11 Å². The average Bonchev–Trinajstić information content (AvgIpc) is 2.12. The fourth-order valence-corrected chi connectivity index (χ4v) is 2.19. The van der Waals surface area contributed by atoms with Crippen LogP contribution in [0.15, 0.2) is 18.2 Å². The number of aliphatic hydroxyl groups excluding tert-OH is 1. The van der Waals surface area contributed by atoms with Crippen molar-refractivity contribution in [1.29, 1.82) is 0 Å². The number of sulfonamides is 1. The summed E-state index contributed by atoms with van der Waals surface area (Å²) in [5, 5.41) is 8.47. The van der Waals surface area contributed by atoms with Gasteiger partial charge in [0.25, 0.3) is 0 Å². The van der Waals surface area contributed by atoms with Gasteiger partial charge in [-0.3, -0.25) is 4.72 Å². The normalized spacial score (nSPS) is 11.4. The van der Waals surface area contributed by atoms with E-state index < -0.39 is 21.7 Å². The monoisotopic (exact) mass is 251 g/mol. The SMILES string of the molecule is O=S(=O)(CCCO)Nc1cc(F)cc(F)c1. The van der Waals surface area contributed by atoms with Gasteiger partial charge in [-0.2, -0.15) is 0 Å². The van der Waals surface area contributed by atoms with E-state index in [1.165, 1.54) is 0 Å². The Morgan fingerprint density at radius 3 is 2.25 bits per heavy atom. The maximum Gasteiger partial charge on any atom is 0.232 e. The van der Waals surface area contributed by atoms with Gasteiger partial charge in [0.1, 0.15) is 11.6 Å². The first-order valence-electron chi connectivity index (χ1n) is 4.50. The first-order valence-corrected chi connectivity index (χ1v) is 6.15. The lowest BCUT2D eigenvalue weighted by molar-refractivity contribution is 0.295. The molecule has 0 aliphatic carbocycles. The van der Waals surface area contributed by atoms with Gasteiger partial charge in [0.05, 0.1) is 11.4 Å². The van der Waals surface area contributed by atoms with Gasteiger partial charge < -0.3 is 5.11 Å². The topological polar surface area (TPSA) is 66.4 Å². The predicted octanol–water partition coefficient (Wildman–Crippen LogP) is 1.09. The molecule has 16 heavy (non-hydrogen) atoms. The van der Waals surface area contributed by atoms with Crippen LogP contribution in [-0.4, -0.2) is 25.9 Å².